The molecule has 2 aromatic rings. The lowest BCUT2D eigenvalue weighted by molar-refractivity contribution is 0.00651. The lowest BCUT2D eigenvalue weighted by atomic mass is 10.2. The number of aromatic nitrogens is 2. The van der Waals surface area contributed by atoms with E-state index < -0.39 is 17.5 Å². The van der Waals surface area contributed by atoms with Crippen molar-refractivity contribution in [2.24, 2.45) is 0 Å². The summed E-state index contributed by atoms with van der Waals surface area (Å²) in [5, 5.41) is 5.09. The number of carbonyl (C=O) groups excluding carboxylic acids is 2. The summed E-state index contributed by atoms with van der Waals surface area (Å²) in [5.41, 5.74) is 1.08. The van der Waals surface area contributed by atoms with Crippen molar-refractivity contribution in [3.8, 4) is 5.69 Å². The van der Waals surface area contributed by atoms with Gasteiger partial charge in [0.1, 0.15) is 16.2 Å². The van der Waals surface area contributed by atoms with Gasteiger partial charge in [0.05, 0.1) is 24.6 Å². The van der Waals surface area contributed by atoms with Crippen molar-refractivity contribution in [3.63, 3.8) is 0 Å². The number of carbonyl (C=O) groups is 2. The molecule has 2 rings (SSSR count). The van der Waals surface area contributed by atoms with E-state index in [9.17, 15) is 9.59 Å². The number of ether oxygens (including phenoxy) is 2. The predicted molar refractivity (Wildman–Crippen MR) is 101 cm³/mol. The van der Waals surface area contributed by atoms with Crippen LogP contribution in [0.4, 0.5) is 0 Å². The number of benzene rings is 1. The normalized spacial score (nSPS) is 11.3. The predicted octanol–water partition coefficient (Wildman–Crippen LogP) is 4.12. The molecule has 0 aliphatic carbocycles. The molecule has 0 saturated heterocycles. The molecular formula is C19H24N2O4S. The Bertz CT molecular complexity index is 776. The molecule has 0 radical (unpaired) electrons. The van der Waals surface area contributed by atoms with Crippen LogP contribution in [0.5, 0.6) is 0 Å². The molecule has 0 spiro atoms. The van der Waals surface area contributed by atoms with Crippen molar-refractivity contribution in [2.45, 2.75) is 44.7 Å². The first kappa shape index (κ1) is 20.0. The Morgan fingerprint density at radius 1 is 1.15 bits per heavy atom. The van der Waals surface area contributed by atoms with E-state index in [0.717, 1.165) is 22.9 Å². The largest absolute Gasteiger partial charge is 0.465 e. The van der Waals surface area contributed by atoms with Gasteiger partial charge in [-0.15, -0.1) is 11.8 Å². The second-order valence-electron chi connectivity index (χ2n) is 6.66. The topological polar surface area (TPSA) is 70.4 Å². The number of hydrogen-bond donors (Lipinski definition) is 0. The maximum Gasteiger partial charge on any atom is 0.343 e. The average Bonchev–Trinajstić information content (AvgIpc) is 3.01. The van der Waals surface area contributed by atoms with E-state index in [2.05, 4.69) is 12.0 Å². The summed E-state index contributed by atoms with van der Waals surface area (Å²) in [5.74, 6) is 0.0578. The molecule has 1 aromatic carbocycles. The molecule has 0 atom stereocenters. The number of thioether (sulfide) groups is 1. The van der Waals surface area contributed by atoms with Crippen LogP contribution in [0.2, 0.25) is 0 Å². The smallest absolute Gasteiger partial charge is 0.343 e. The first-order chi connectivity index (χ1) is 12.3. The van der Waals surface area contributed by atoms with Crippen LogP contribution in [0.1, 0.15) is 54.8 Å². The van der Waals surface area contributed by atoms with Crippen LogP contribution in [0, 0.1) is 0 Å². The van der Waals surface area contributed by atoms with E-state index in [1.165, 1.54) is 13.3 Å². The Kier molecular flexibility index (Phi) is 6.47. The van der Waals surface area contributed by atoms with E-state index in [4.69, 9.17) is 9.47 Å². The Balaban J connectivity index is 2.39. The molecule has 140 valence electrons. The zero-order valence-corrected chi connectivity index (χ0v) is 16.6. The van der Waals surface area contributed by atoms with Gasteiger partial charge in [0.25, 0.3) is 0 Å². The molecule has 1 aromatic heterocycles. The summed E-state index contributed by atoms with van der Waals surface area (Å²) in [4.78, 5) is 24.1. The maximum atomic E-state index is 12.5. The lowest BCUT2D eigenvalue weighted by Gasteiger charge is -2.19. The molecule has 0 unspecified atom stereocenters. The van der Waals surface area contributed by atoms with E-state index in [1.807, 2.05) is 20.8 Å². The van der Waals surface area contributed by atoms with Gasteiger partial charge in [0, 0.05) is 0 Å². The Labute approximate surface area is 157 Å². The molecule has 0 aliphatic rings. The number of rotatable bonds is 6. The average molecular weight is 376 g/mol. The molecule has 0 fully saturated rings. The number of methoxy groups -OCH3 is 1. The van der Waals surface area contributed by atoms with Gasteiger partial charge in [-0.1, -0.05) is 6.92 Å². The highest BCUT2D eigenvalue weighted by molar-refractivity contribution is 7.99. The van der Waals surface area contributed by atoms with Crippen LogP contribution in [0.25, 0.3) is 5.69 Å². The third kappa shape index (κ3) is 4.88. The van der Waals surface area contributed by atoms with Gasteiger partial charge < -0.3 is 9.47 Å². The van der Waals surface area contributed by atoms with E-state index in [-0.39, 0.29) is 0 Å². The van der Waals surface area contributed by atoms with Gasteiger partial charge in [0.2, 0.25) is 0 Å². The number of esters is 2. The van der Waals surface area contributed by atoms with Gasteiger partial charge in [-0.25, -0.2) is 14.3 Å². The molecule has 7 heteroatoms. The van der Waals surface area contributed by atoms with Crippen molar-refractivity contribution in [1.29, 1.82) is 0 Å². The quantitative estimate of drug-likeness (QED) is 0.558. The highest BCUT2D eigenvalue weighted by Crippen LogP contribution is 2.28. The Hall–Kier alpha value is -2.28. The molecule has 0 N–H and O–H groups in total. The fraction of sp³-hybridized carbons (Fsp3) is 0.421. The summed E-state index contributed by atoms with van der Waals surface area (Å²) >= 11 is 1.55. The van der Waals surface area contributed by atoms with Crippen LogP contribution in [-0.2, 0) is 9.47 Å². The van der Waals surface area contributed by atoms with E-state index >= 15 is 0 Å². The highest BCUT2D eigenvalue weighted by Gasteiger charge is 2.24. The van der Waals surface area contributed by atoms with Crippen molar-refractivity contribution in [2.75, 3.05) is 12.9 Å². The van der Waals surface area contributed by atoms with E-state index in [0.29, 0.717) is 11.1 Å². The van der Waals surface area contributed by atoms with Crippen molar-refractivity contribution in [3.05, 3.63) is 41.6 Å². The third-order valence-electron chi connectivity index (χ3n) is 3.32. The molecule has 0 amide bonds. The Morgan fingerprint density at radius 3 is 2.35 bits per heavy atom. The van der Waals surface area contributed by atoms with Gasteiger partial charge in [-0.2, -0.15) is 5.10 Å². The summed E-state index contributed by atoms with van der Waals surface area (Å²) in [6.07, 6.45) is 2.49. The molecule has 1 heterocycles. The first-order valence-corrected chi connectivity index (χ1v) is 9.38. The molecule has 0 bridgehead atoms. The fourth-order valence-electron chi connectivity index (χ4n) is 2.19. The summed E-state index contributed by atoms with van der Waals surface area (Å²) in [6, 6.07) is 6.89. The molecule has 26 heavy (non-hydrogen) atoms. The van der Waals surface area contributed by atoms with Crippen LogP contribution >= 0.6 is 11.8 Å². The minimum Gasteiger partial charge on any atom is -0.465 e. The molecule has 0 aliphatic heterocycles. The minimum absolute atomic E-state index is 0.395. The molecular weight excluding hydrogens is 352 g/mol. The fourth-order valence-corrected chi connectivity index (χ4v) is 3.15. The van der Waals surface area contributed by atoms with Crippen LogP contribution in [0.3, 0.4) is 0 Å². The zero-order valence-electron chi connectivity index (χ0n) is 15.7. The van der Waals surface area contributed by atoms with E-state index in [1.54, 1.807) is 40.7 Å². The lowest BCUT2D eigenvalue weighted by Crippen LogP contribution is -2.24. The first-order valence-electron chi connectivity index (χ1n) is 8.39. The second-order valence-corrected chi connectivity index (χ2v) is 7.75. The Morgan fingerprint density at radius 2 is 1.81 bits per heavy atom. The SMILES string of the molecule is CCCSc1c(C(=O)OC(C)(C)C)cnn1-c1ccc(C(=O)OC)cc1. The monoisotopic (exact) mass is 376 g/mol. The van der Waals surface area contributed by atoms with Crippen LogP contribution in [-0.4, -0.2) is 40.2 Å². The maximum absolute atomic E-state index is 12.5. The van der Waals surface area contributed by atoms with Crippen molar-refractivity contribution in [1.82, 2.24) is 9.78 Å². The summed E-state index contributed by atoms with van der Waals surface area (Å²) in [7, 11) is 1.34. The van der Waals surface area contributed by atoms with Gasteiger partial charge in [-0.05, 0) is 57.2 Å². The highest BCUT2D eigenvalue weighted by atomic mass is 32.2. The van der Waals surface area contributed by atoms with Gasteiger partial charge in [0.15, 0.2) is 0 Å². The van der Waals surface area contributed by atoms with Crippen molar-refractivity contribution < 1.29 is 19.1 Å². The van der Waals surface area contributed by atoms with Crippen molar-refractivity contribution >= 4 is 23.7 Å². The van der Waals surface area contributed by atoms with Crippen LogP contribution < -0.4 is 0 Å². The van der Waals surface area contributed by atoms with Gasteiger partial charge in [-0.3, -0.25) is 0 Å². The molecule has 6 nitrogen and oxygen atoms in total. The summed E-state index contributed by atoms with van der Waals surface area (Å²) < 4.78 is 11.9. The minimum atomic E-state index is -0.575. The second kappa shape index (κ2) is 8.40. The third-order valence-corrected chi connectivity index (χ3v) is 4.60. The number of hydrogen-bond acceptors (Lipinski definition) is 6. The zero-order chi connectivity index (χ0) is 19.3. The van der Waals surface area contributed by atoms with Gasteiger partial charge >= 0.3 is 11.9 Å². The molecule has 0 saturated carbocycles. The van der Waals surface area contributed by atoms with Crippen LogP contribution in [0.15, 0.2) is 35.5 Å². The number of nitrogens with zero attached hydrogens (tertiary/aromatic N) is 2. The standard InChI is InChI=1S/C19H24N2O4S/c1-6-11-26-16-15(18(23)25-19(2,3)4)12-20-21(16)14-9-7-13(8-10-14)17(22)24-5/h7-10,12H,6,11H2,1-5H3. The summed E-state index contributed by atoms with van der Waals surface area (Å²) in [6.45, 7) is 7.57.